The standard InChI is InChI=1S/C29H28N4O2S2/c1-2-20-10-6-7-13-22(20)31-25(34)17-19-33-28(27(32-29(33)36)23-14-8-9-18-30-23)24-15-16-26(35-24)37-21-11-4-3-5-12-21/h3-16,18,27-28H,2,17,19H2,1H3,(H,31,34)(H,32,36)/t27-,28+/m0/s1. The topological polar surface area (TPSA) is 70.4 Å². The zero-order valence-electron chi connectivity index (χ0n) is 20.5. The molecular formula is C29H28N4O2S2. The van der Waals surface area contributed by atoms with Gasteiger partial charge in [-0.15, -0.1) is 0 Å². The van der Waals surface area contributed by atoms with Gasteiger partial charge in [0.05, 0.1) is 11.7 Å². The number of hydrogen-bond donors (Lipinski definition) is 2. The first kappa shape index (κ1) is 25.0. The second-order valence-electron chi connectivity index (χ2n) is 8.70. The lowest BCUT2D eigenvalue weighted by Crippen LogP contribution is -2.32. The molecule has 2 aromatic carbocycles. The van der Waals surface area contributed by atoms with E-state index in [1.54, 1.807) is 18.0 Å². The smallest absolute Gasteiger partial charge is 0.226 e. The van der Waals surface area contributed by atoms with Gasteiger partial charge in [0.15, 0.2) is 10.2 Å². The average Bonchev–Trinajstić information content (AvgIpc) is 3.52. The third kappa shape index (κ3) is 5.87. The third-order valence-electron chi connectivity index (χ3n) is 6.31. The summed E-state index contributed by atoms with van der Waals surface area (Å²) in [6, 6.07) is 27.4. The lowest BCUT2D eigenvalue weighted by atomic mass is 10.0. The molecule has 0 saturated carbocycles. The number of nitrogens with zero attached hydrogens (tertiary/aromatic N) is 2. The van der Waals surface area contributed by atoms with E-state index in [-0.39, 0.29) is 24.4 Å². The Morgan fingerprint density at radius 3 is 2.62 bits per heavy atom. The van der Waals surface area contributed by atoms with Crippen LogP contribution in [0.1, 0.15) is 42.4 Å². The van der Waals surface area contributed by atoms with Crippen LogP contribution in [-0.2, 0) is 11.2 Å². The highest BCUT2D eigenvalue weighted by atomic mass is 32.2. The van der Waals surface area contributed by atoms with Gasteiger partial charge < -0.3 is 20.0 Å². The fourth-order valence-corrected chi connectivity index (χ4v) is 5.62. The van der Waals surface area contributed by atoms with Crippen molar-refractivity contribution in [1.82, 2.24) is 15.2 Å². The Hall–Kier alpha value is -3.62. The first-order valence-corrected chi connectivity index (χ1v) is 13.5. The number of aryl methyl sites for hydroxylation is 1. The van der Waals surface area contributed by atoms with Crippen molar-refractivity contribution in [3.8, 4) is 0 Å². The summed E-state index contributed by atoms with van der Waals surface area (Å²) in [5.41, 5.74) is 2.84. The van der Waals surface area contributed by atoms with Crippen LogP contribution in [0, 0.1) is 0 Å². The summed E-state index contributed by atoms with van der Waals surface area (Å²) >= 11 is 7.31. The van der Waals surface area contributed by atoms with Crippen LogP contribution in [0.25, 0.3) is 0 Å². The molecule has 2 atom stereocenters. The number of carbonyl (C=O) groups is 1. The number of furan rings is 1. The van der Waals surface area contributed by atoms with E-state index in [9.17, 15) is 4.79 Å². The Balaban J connectivity index is 1.36. The van der Waals surface area contributed by atoms with Gasteiger partial charge in [0.2, 0.25) is 5.91 Å². The second kappa shape index (κ2) is 11.6. The molecule has 0 radical (unpaired) electrons. The Morgan fingerprint density at radius 1 is 1.05 bits per heavy atom. The lowest BCUT2D eigenvalue weighted by Gasteiger charge is -2.25. The predicted octanol–water partition coefficient (Wildman–Crippen LogP) is 6.39. The van der Waals surface area contributed by atoms with Crippen LogP contribution in [0.15, 0.2) is 106 Å². The SMILES string of the molecule is CCc1ccccc1NC(=O)CCN1C(=S)N[C@@H](c2ccccn2)[C@H]1c1ccc(Sc2ccccc2)o1. The van der Waals surface area contributed by atoms with Crippen LogP contribution < -0.4 is 10.6 Å². The van der Waals surface area contributed by atoms with Gasteiger partial charge in [-0.05, 0) is 66.7 Å². The van der Waals surface area contributed by atoms with Crippen LogP contribution in [0.3, 0.4) is 0 Å². The molecule has 0 unspecified atom stereocenters. The lowest BCUT2D eigenvalue weighted by molar-refractivity contribution is -0.116. The predicted molar refractivity (Wildman–Crippen MR) is 150 cm³/mol. The van der Waals surface area contributed by atoms with E-state index in [4.69, 9.17) is 16.6 Å². The molecular weight excluding hydrogens is 500 g/mol. The number of rotatable bonds is 9. The molecule has 1 saturated heterocycles. The zero-order chi connectivity index (χ0) is 25.6. The molecule has 0 bridgehead atoms. The van der Waals surface area contributed by atoms with Gasteiger partial charge in [-0.3, -0.25) is 9.78 Å². The molecule has 3 heterocycles. The quantitative estimate of drug-likeness (QED) is 0.244. The van der Waals surface area contributed by atoms with Crippen molar-refractivity contribution in [2.75, 3.05) is 11.9 Å². The number of anilines is 1. The van der Waals surface area contributed by atoms with E-state index in [1.165, 1.54) is 0 Å². The minimum absolute atomic E-state index is 0.0523. The Kier molecular flexibility index (Phi) is 7.87. The summed E-state index contributed by atoms with van der Waals surface area (Å²) in [6.07, 6.45) is 2.92. The molecule has 4 aromatic rings. The molecule has 37 heavy (non-hydrogen) atoms. The molecule has 1 amide bonds. The van der Waals surface area contributed by atoms with E-state index in [1.807, 2.05) is 77.7 Å². The molecule has 1 fully saturated rings. The highest BCUT2D eigenvalue weighted by molar-refractivity contribution is 7.99. The summed E-state index contributed by atoms with van der Waals surface area (Å²) in [6.45, 7) is 2.52. The van der Waals surface area contributed by atoms with Gasteiger partial charge >= 0.3 is 0 Å². The Bertz CT molecular complexity index is 1360. The fourth-order valence-electron chi connectivity index (χ4n) is 4.49. The van der Waals surface area contributed by atoms with Gasteiger partial charge in [0.25, 0.3) is 0 Å². The molecule has 5 rings (SSSR count). The van der Waals surface area contributed by atoms with E-state index in [0.717, 1.165) is 39.1 Å². The van der Waals surface area contributed by atoms with Crippen LogP contribution in [0.5, 0.6) is 0 Å². The van der Waals surface area contributed by atoms with E-state index in [0.29, 0.717) is 11.7 Å². The summed E-state index contributed by atoms with van der Waals surface area (Å²) in [5.74, 6) is 0.724. The van der Waals surface area contributed by atoms with Crippen molar-refractivity contribution in [2.45, 2.75) is 41.8 Å². The number of amides is 1. The van der Waals surface area contributed by atoms with Crippen LogP contribution >= 0.6 is 24.0 Å². The minimum Gasteiger partial charge on any atom is -0.452 e. The normalized spacial score (nSPS) is 17.0. The molecule has 0 spiro atoms. The number of thiocarbonyl (C=S) groups is 1. The largest absolute Gasteiger partial charge is 0.452 e. The highest BCUT2D eigenvalue weighted by Gasteiger charge is 2.41. The van der Waals surface area contributed by atoms with E-state index < -0.39 is 0 Å². The second-order valence-corrected chi connectivity index (χ2v) is 10.2. The maximum absolute atomic E-state index is 12.9. The van der Waals surface area contributed by atoms with Gasteiger partial charge in [-0.1, -0.05) is 61.2 Å². The number of carbonyl (C=O) groups excluding carboxylic acids is 1. The summed E-state index contributed by atoms with van der Waals surface area (Å²) in [5, 5.41) is 7.86. The summed E-state index contributed by atoms with van der Waals surface area (Å²) in [7, 11) is 0. The maximum Gasteiger partial charge on any atom is 0.226 e. The molecule has 8 heteroatoms. The van der Waals surface area contributed by atoms with Crippen molar-refractivity contribution in [3.05, 3.63) is 108 Å². The van der Waals surface area contributed by atoms with E-state index >= 15 is 0 Å². The molecule has 1 aliphatic heterocycles. The van der Waals surface area contributed by atoms with Crippen molar-refractivity contribution in [3.63, 3.8) is 0 Å². The van der Waals surface area contributed by atoms with Gasteiger partial charge in [-0.2, -0.15) is 0 Å². The fraction of sp³-hybridized carbons (Fsp3) is 0.207. The molecule has 2 aromatic heterocycles. The molecule has 2 N–H and O–H groups in total. The number of nitrogens with one attached hydrogen (secondary N) is 2. The van der Waals surface area contributed by atoms with Crippen molar-refractivity contribution in [1.29, 1.82) is 0 Å². The first-order valence-electron chi connectivity index (χ1n) is 12.3. The summed E-state index contributed by atoms with van der Waals surface area (Å²) < 4.78 is 6.33. The summed E-state index contributed by atoms with van der Waals surface area (Å²) in [4.78, 5) is 20.6. The number of para-hydroxylation sites is 1. The molecule has 0 aliphatic carbocycles. The third-order valence-corrected chi connectivity index (χ3v) is 7.59. The first-order chi connectivity index (χ1) is 18.1. The molecule has 1 aliphatic rings. The molecule has 6 nitrogen and oxygen atoms in total. The van der Waals surface area contributed by atoms with Gasteiger partial charge in [-0.25, -0.2) is 0 Å². The van der Waals surface area contributed by atoms with Crippen LogP contribution in [-0.4, -0.2) is 27.4 Å². The maximum atomic E-state index is 12.9. The van der Waals surface area contributed by atoms with Crippen LogP contribution in [0.4, 0.5) is 5.69 Å². The monoisotopic (exact) mass is 528 g/mol. The zero-order valence-corrected chi connectivity index (χ0v) is 22.1. The number of benzene rings is 2. The van der Waals surface area contributed by atoms with E-state index in [2.05, 4.69) is 34.7 Å². The van der Waals surface area contributed by atoms with Gasteiger partial charge in [0, 0.05) is 29.7 Å². The highest BCUT2D eigenvalue weighted by Crippen LogP contribution is 2.41. The van der Waals surface area contributed by atoms with Crippen LogP contribution in [0.2, 0.25) is 0 Å². The number of hydrogen-bond acceptors (Lipinski definition) is 5. The minimum atomic E-state index is -0.233. The number of aromatic nitrogens is 1. The van der Waals surface area contributed by atoms with Crippen molar-refractivity contribution in [2.24, 2.45) is 0 Å². The van der Waals surface area contributed by atoms with Crippen molar-refractivity contribution < 1.29 is 9.21 Å². The van der Waals surface area contributed by atoms with Gasteiger partial charge in [0.1, 0.15) is 11.8 Å². The van der Waals surface area contributed by atoms with Crippen molar-refractivity contribution >= 4 is 40.7 Å². The Labute approximate surface area is 226 Å². The average molecular weight is 529 g/mol. The Morgan fingerprint density at radius 2 is 1.84 bits per heavy atom. The number of pyridine rings is 1. The molecule has 188 valence electrons.